The maximum absolute atomic E-state index is 12.3. The van der Waals surface area contributed by atoms with E-state index in [1.165, 1.54) is 0 Å². The Hall–Kier alpha value is -2.12. The molecule has 0 radical (unpaired) electrons. The van der Waals surface area contributed by atoms with Crippen LogP contribution in [0.4, 0.5) is 0 Å². The molecule has 8 heteroatoms. The second-order valence-electron chi connectivity index (χ2n) is 5.16. The lowest BCUT2D eigenvalue weighted by Crippen LogP contribution is -2.52. The van der Waals surface area contributed by atoms with Gasteiger partial charge in [0.1, 0.15) is 0 Å². The van der Waals surface area contributed by atoms with Gasteiger partial charge in [-0.2, -0.15) is 0 Å². The lowest BCUT2D eigenvalue weighted by atomic mass is 10.2. The van der Waals surface area contributed by atoms with Crippen molar-refractivity contribution in [3.63, 3.8) is 0 Å². The lowest BCUT2D eigenvalue weighted by molar-refractivity contribution is -0.133. The lowest BCUT2D eigenvalue weighted by Gasteiger charge is -2.34. The number of carbonyl (C=O) groups is 3. The molecule has 1 aromatic rings. The second kappa shape index (κ2) is 7.94. The second-order valence-corrected chi connectivity index (χ2v) is 5.60. The number of piperazine rings is 1. The van der Waals surface area contributed by atoms with Crippen molar-refractivity contribution in [2.75, 3.05) is 39.3 Å². The smallest absolute Gasteiger partial charge is 0.253 e. The number of carbonyl (C=O) groups excluding carboxylic acids is 3. The Bertz CT molecular complexity index is 583. The molecule has 1 fully saturated rings. The van der Waals surface area contributed by atoms with E-state index in [9.17, 15) is 14.4 Å². The van der Waals surface area contributed by atoms with Gasteiger partial charge in [0.05, 0.1) is 13.1 Å². The Kier molecular flexibility index (Phi) is 5.95. The van der Waals surface area contributed by atoms with E-state index in [1.54, 1.807) is 34.1 Å². The Morgan fingerprint density at radius 3 is 2.17 bits per heavy atom. The van der Waals surface area contributed by atoms with Crippen molar-refractivity contribution in [2.45, 2.75) is 0 Å². The summed E-state index contributed by atoms with van der Waals surface area (Å²) in [5, 5.41) is 3.03. The molecule has 23 heavy (non-hydrogen) atoms. The van der Waals surface area contributed by atoms with Gasteiger partial charge in [0.2, 0.25) is 11.8 Å². The summed E-state index contributed by atoms with van der Waals surface area (Å²) in [4.78, 5) is 38.7. The fourth-order valence-corrected chi connectivity index (χ4v) is 2.42. The largest absolute Gasteiger partial charge is 0.346 e. The molecule has 0 atom stereocenters. The molecule has 1 saturated heterocycles. The first-order valence-electron chi connectivity index (χ1n) is 7.30. The van der Waals surface area contributed by atoms with E-state index < -0.39 is 0 Å². The number of hydrogen-bond donors (Lipinski definition) is 2. The average Bonchev–Trinajstić information content (AvgIpc) is 2.59. The highest BCUT2D eigenvalue weighted by Gasteiger charge is 2.24. The minimum absolute atomic E-state index is 0.0683. The van der Waals surface area contributed by atoms with E-state index in [4.69, 9.17) is 17.3 Å². The Morgan fingerprint density at radius 2 is 1.61 bits per heavy atom. The molecule has 0 aromatic heterocycles. The van der Waals surface area contributed by atoms with Crippen LogP contribution in [0.2, 0.25) is 5.02 Å². The number of rotatable bonds is 4. The Labute approximate surface area is 139 Å². The van der Waals surface area contributed by atoms with Gasteiger partial charge in [-0.3, -0.25) is 14.4 Å². The fourth-order valence-electron chi connectivity index (χ4n) is 2.29. The average molecular weight is 339 g/mol. The van der Waals surface area contributed by atoms with Crippen molar-refractivity contribution in [2.24, 2.45) is 5.73 Å². The van der Waals surface area contributed by atoms with Gasteiger partial charge in [0, 0.05) is 36.8 Å². The number of amides is 3. The van der Waals surface area contributed by atoms with E-state index in [0.717, 1.165) is 0 Å². The third-order valence-electron chi connectivity index (χ3n) is 3.63. The number of hydrogen-bond acceptors (Lipinski definition) is 4. The summed E-state index contributed by atoms with van der Waals surface area (Å²) in [6.07, 6.45) is 0. The van der Waals surface area contributed by atoms with Crippen LogP contribution in [0.15, 0.2) is 24.3 Å². The summed E-state index contributed by atoms with van der Waals surface area (Å²) < 4.78 is 0. The highest BCUT2D eigenvalue weighted by atomic mass is 35.5. The summed E-state index contributed by atoms with van der Waals surface area (Å²) in [5.41, 5.74) is 5.74. The summed E-state index contributed by atoms with van der Waals surface area (Å²) >= 11 is 5.81. The molecule has 0 unspecified atom stereocenters. The van der Waals surface area contributed by atoms with Gasteiger partial charge in [-0.15, -0.1) is 0 Å². The van der Waals surface area contributed by atoms with E-state index >= 15 is 0 Å². The monoisotopic (exact) mass is 338 g/mol. The number of benzene rings is 1. The summed E-state index contributed by atoms with van der Waals surface area (Å²) in [7, 11) is 0. The van der Waals surface area contributed by atoms with Gasteiger partial charge < -0.3 is 20.9 Å². The first-order chi connectivity index (χ1) is 11.0. The fraction of sp³-hybridized carbons (Fsp3) is 0.400. The van der Waals surface area contributed by atoms with Crippen LogP contribution in [0.25, 0.3) is 0 Å². The molecular weight excluding hydrogens is 320 g/mol. The molecule has 3 amide bonds. The third kappa shape index (κ3) is 4.67. The molecule has 0 aliphatic carbocycles. The number of halogens is 1. The maximum atomic E-state index is 12.3. The van der Waals surface area contributed by atoms with Crippen LogP contribution in [0.3, 0.4) is 0 Å². The molecule has 124 valence electrons. The highest BCUT2D eigenvalue weighted by Crippen LogP contribution is 2.13. The van der Waals surface area contributed by atoms with E-state index in [2.05, 4.69) is 5.32 Å². The molecule has 7 nitrogen and oxygen atoms in total. The molecule has 0 spiro atoms. The molecule has 3 N–H and O–H groups in total. The topological polar surface area (TPSA) is 95.7 Å². The molecule has 0 saturated carbocycles. The first kappa shape index (κ1) is 17.2. The third-order valence-corrected chi connectivity index (χ3v) is 3.88. The highest BCUT2D eigenvalue weighted by molar-refractivity contribution is 6.30. The Balaban J connectivity index is 1.83. The zero-order chi connectivity index (χ0) is 16.8. The minimum Gasteiger partial charge on any atom is -0.346 e. The van der Waals surface area contributed by atoms with E-state index in [0.29, 0.717) is 36.8 Å². The molecule has 0 bridgehead atoms. The zero-order valence-corrected chi connectivity index (χ0v) is 13.4. The maximum Gasteiger partial charge on any atom is 0.253 e. The van der Waals surface area contributed by atoms with Gasteiger partial charge in [-0.25, -0.2) is 0 Å². The summed E-state index contributed by atoms with van der Waals surface area (Å²) in [6, 6.07) is 6.72. The SMILES string of the molecule is NCC(=O)NCC(=O)N1CCN(C(=O)c2ccc(Cl)cc2)CC1. The summed E-state index contributed by atoms with van der Waals surface area (Å²) in [5.74, 6) is -0.620. The van der Waals surface area contributed by atoms with Crippen molar-refractivity contribution in [1.82, 2.24) is 15.1 Å². The zero-order valence-electron chi connectivity index (χ0n) is 12.6. The quantitative estimate of drug-likeness (QED) is 0.788. The van der Waals surface area contributed by atoms with Gasteiger partial charge in [-0.1, -0.05) is 11.6 Å². The van der Waals surface area contributed by atoms with E-state index in [-0.39, 0.29) is 30.8 Å². The standard InChI is InChI=1S/C15H19ClN4O3/c16-12-3-1-11(2-4-12)15(23)20-7-5-19(6-8-20)14(22)10-18-13(21)9-17/h1-4H,5-10,17H2,(H,18,21). The van der Waals surface area contributed by atoms with Crippen molar-refractivity contribution in [3.05, 3.63) is 34.9 Å². The van der Waals surface area contributed by atoms with Crippen LogP contribution in [-0.2, 0) is 9.59 Å². The van der Waals surface area contributed by atoms with Crippen LogP contribution >= 0.6 is 11.6 Å². The van der Waals surface area contributed by atoms with Gasteiger partial charge >= 0.3 is 0 Å². The molecule has 1 aliphatic rings. The van der Waals surface area contributed by atoms with Crippen LogP contribution in [0, 0.1) is 0 Å². The van der Waals surface area contributed by atoms with Crippen LogP contribution in [0.1, 0.15) is 10.4 Å². The molecular formula is C15H19ClN4O3. The van der Waals surface area contributed by atoms with Crippen molar-refractivity contribution in [1.29, 1.82) is 0 Å². The molecule has 1 heterocycles. The predicted octanol–water partition coefficient (Wildman–Crippen LogP) is -0.301. The van der Waals surface area contributed by atoms with Crippen molar-refractivity contribution in [3.8, 4) is 0 Å². The minimum atomic E-state index is -0.366. The molecule has 2 rings (SSSR count). The normalized spacial score (nSPS) is 14.5. The Morgan fingerprint density at radius 1 is 1.04 bits per heavy atom. The first-order valence-corrected chi connectivity index (χ1v) is 7.68. The predicted molar refractivity (Wildman–Crippen MR) is 86.0 cm³/mol. The van der Waals surface area contributed by atoms with Crippen LogP contribution < -0.4 is 11.1 Å². The number of nitrogens with one attached hydrogen (secondary N) is 1. The molecule has 1 aromatic carbocycles. The van der Waals surface area contributed by atoms with E-state index in [1.807, 2.05) is 0 Å². The molecule has 1 aliphatic heterocycles. The number of nitrogens with zero attached hydrogens (tertiary/aromatic N) is 2. The van der Waals surface area contributed by atoms with Crippen molar-refractivity contribution >= 4 is 29.3 Å². The van der Waals surface area contributed by atoms with Crippen molar-refractivity contribution < 1.29 is 14.4 Å². The van der Waals surface area contributed by atoms with Crippen LogP contribution in [-0.4, -0.2) is 66.8 Å². The van der Waals surface area contributed by atoms with Gasteiger partial charge in [0.15, 0.2) is 0 Å². The summed E-state index contributed by atoms with van der Waals surface area (Å²) in [6.45, 7) is 1.58. The number of nitrogens with two attached hydrogens (primary N) is 1. The van der Waals surface area contributed by atoms with Gasteiger partial charge in [0.25, 0.3) is 5.91 Å². The van der Waals surface area contributed by atoms with Gasteiger partial charge in [-0.05, 0) is 24.3 Å². The van der Waals surface area contributed by atoms with Crippen LogP contribution in [0.5, 0.6) is 0 Å².